The van der Waals surface area contributed by atoms with Gasteiger partial charge in [0.2, 0.25) is 0 Å². The first-order valence-corrected chi connectivity index (χ1v) is 9.03. The van der Waals surface area contributed by atoms with E-state index in [2.05, 4.69) is 63.3 Å². The van der Waals surface area contributed by atoms with Crippen LogP contribution < -0.4 is 0 Å². The molecule has 1 heteroatoms. The van der Waals surface area contributed by atoms with E-state index in [-0.39, 0.29) is 0 Å². The molecule has 0 amide bonds. The molecular formula is C16H26S. The molecule has 0 saturated carbocycles. The van der Waals surface area contributed by atoms with Gasteiger partial charge < -0.3 is 0 Å². The average molecular weight is 250 g/mol. The van der Waals surface area contributed by atoms with Gasteiger partial charge in [-0.1, -0.05) is 56.3 Å². The molecule has 0 aliphatic carbocycles. The summed E-state index contributed by atoms with van der Waals surface area (Å²) in [5, 5.41) is 0. The van der Waals surface area contributed by atoms with E-state index >= 15 is 0 Å². The zero-order valence-electron chi connectivity index (χ0n) is 11.7. The summed E-state index contributed by atoms with van der Waals surface area (Å²) in [5.74, 6) is 1.93. The van der Waals surface area contributed by atoms with E-state index in [4.69, 9.17) is 0 Å². The van der Waals surface area contributed by atoms with Crippen molar-refractivity contribution in [3.8, 4) is 0 Å². The quantitative estimate of drug-likeness (QED) is 0.616. The molecule has 96 valence electrons. The van der Waals surface area contributed by atoms with E-state index in [1.165, 1.54) is 29.1 Å². The fraction of sp³-hybridized carbons (Fsp3) is 0.500. The first kappa shape index (κ1) is 14.4. The summed E-state index contributed by atoms with van der Waals surface area (Å²) in [5.41, 5.74) is 1.42. The highest BCUT2D eigenvalue weighted by molar-refractivity contribution is 8.32. The Hall–Kier alpha value is -0.690. The molecule has 1 unspecified atom stereocenters. The molecule has 0 saturated heterocycles. The van der Waals surface area contributed by atoms with E-state index < -0.39 is 10.0 Å². The highest BCUT2D eigenvalue weighted by atomic mass is 32.3. The predicted molar refractivity (Wildman–Crippen MR) is 82.2 cm³/mol. The molecule has 0 spiro atoms. The largest absolute Gasteiger partial charge is 0.220 e. The van der Waals surface area contributed by atoms with Gasteiger partial charge >= 0.3 is 0 Å². The van der Waals surface area contributed by atoms with Gasteiger partial charge in [0.1, 0.15) is 0 Å². The fourth-order valence-electron chi connectivity index (χ4n) is 1.83. The minimum atomic E-state index is -0.658. The van der Waals surface area contributed by atoms with Crippen LogP contribution in [0.25, 0.3) is 0 Å². The molecular weight excluding hydrogens is 224 g/mol. The van der Waals surface area contributed by atoms with Crippen molar-refractivity contribution in [1.29, 1.82) is 0 Å². The third-order valence-corrected chi connectivity index (χ3v) is 6.40. The molecule has 1 rings (SSSR count). The summed E-state index contributed by atoms with van der Waals surface area (Å²) in [4.78, 5) is 1.51. The lowest BCUT2D eigenvalue weighted by Crippen LogP contribution is -2.06. The maximum atomic E-state index is 4.24. The van der Waals surface area contributed by atoms with Crippen LogP contribution in [-0.4, -0.2) is 18.3 Å². The molecule has 0 fully saturated rings. The van der Waals surface area contributed by atoms with Gasteiger partial charge in [0, 0.05) is 0 Å². The number of benzene rings is 1. The maximum absolute atomic E-state index is 4.24. The van der Waals surface area contributed by atoms with Crippen molar-refractivity contribution in [3.05, 3.63) is 42.5 Å². The lowest BCUT2D eigenvalue weighted by atomic mass is 9.98. The Morgan fingerprint density at radius 3 is 2.35 bits per heavy atom. The Balaban J connectivity index is 2.59. The lowest BCUT2D eigenvalue weighted by molar-refractivity contribution is 0.637. The Morgan fingerprint density at radius 2 is 1.82 bits per heavy atom. The van der Waals surface area contributed by atoms with Crippen molar-refractivity contribution in [2.75, 3.05) is 18.3 Å². The van der Waals surface area contributed by atoms with Gasteiger partial charge in [0.05, 0.1) is 0 Å². The van der Waals surface area contributed by atoms with Gasteiger partial charge in [-0.25, -0.2) is 10.0 Å². The van der Waals surface area contributed by atoms with Crippen LogP contribution in [0.4, 0.5) is 0 Å². The molecule has 17 heavy (non-hydrogen) atoms. The van der Waals surface area contributed by atoms with Gasteiger partial charge in [-0.2, -0.15) is 0 Å². The first-order chi connectivity index (χ1) is 7.97. The second-order valence-electron chi connectivity index (χ2n) is 5.27. The molecule has 0 aliphatic rings. The van der Waals surface area contributed by atoms with Crippen LogP contribution in [0.2, 0.25) is 0 Å². The molecule has 0 heterocycles. The van der Waals surface area contributed by atoms with Gasteiger partial charge in [-0.3, -0.25) is 0 Å². The Morgan fingerprint density at radius 1 is 1.24 bits per heavy atom. The van der Waals surface area contributed by atoms with Crippen molar-refractivity contribution in [2.45, 2.75) is 31.6 Å². The smallest absolute Gasteiger partial charge is 0.0104 e. The molecule has 1 aromatic rings. The topological polar surface area (TPSA) is 0 Å². The first-order valence-electron chi connectivity index (χ1n) is 6.41. The van der Waals surface area contributed by atoms with Crippen LogP contribution in [0.1, 0.15) is 26.7 Å². The number of rotatable bonds is 6. The highest BCUT2D eigenvalue weighted by Crippen LogP contribution is 2.49. The zero-order valence-corrected chi connectivity index (χ0v) is 12.5. The number of hydrogen-bond acceptors (Lipinski definition) is 0. The molecule has 0 bridgehead atoms. The van der Waals surface area contributed by atoms with E-state index in [0.717, 1.165) is 0 Å². The molecule has 0 aliphatic heterocycles. The van der Waals surface area contributed by atoms with Crippen LogP contribution in [0, 0.1) is 5.92 Å². The normalized spacial score (nSPS) is 14.4. The van der Waals surface area contributed by atoms with Gasteiger partial charge in [-0.05, 0) is 41.9 Å². The van der Waals surface area contributed by atoms with E-state index in [0.29, 0.717) is 5.92 Å². The monoisotopic (exact) mass is 250 g/mol. The Kier molecular flexibility index (Phi) is 5.32. The molecule has 0 aromatic heterocycles. The molecule has 0 radical (unpaired) electrons. The third kappa shape index (κ3) is 4.23. The van der Waals surface area contributed by atoms with Crippen molar-refractivity contribution in [3.63, 3.8) is 0 Å². The minimum absolute atomic E-state index is 0.658. The third-order valence-electron chi connectivity index (χ3n) is 3.62. The molecule has 0 N–H and O–H groups in total. The summed E-state index contributed by atoms with van der Waals surface area (Å²) in [7, 11) is -0.658. The summed E-state index contributed by atoms with van der Waals surface area (Å²) < 4.78 is 0. The average Bonchev–Trinajstić information content (AvgIpc) is 2.36. The van der Waals surface area contributed by atoms with Crippen molar-refractivity contribution in [1.82, 2.24) is 0 Å². The molecule has 1 atom stereocenters. The van der Waals surface area contributed by atoms with Crippen molar-refractivity contribution >= 4 is 10.0 Å². The van der Waals surface area contributed by atoms with E-state index in [1.807, 2.05) is 0 Å². The summed E-state index contributed by atoms with van der Waals surface area (Å²) >= 11 is 0. The van der Waals surface area contributed by atoms with Gasteiger partial charge in [0.25, 0.3) is 0 Å². The van der Waals surface area contributed by atoms with Crippen LogP contribution in [0.15, 0.2) is 47.4 Å². The lowest BCUT2D eigenvalue weighted by Gasteiger charge is -2.32. The SMILES string of the molecule is C=C(CCS(C)(C)c1ccccc1)C(C)CC. The standard InChI is InChI=1S/C16H26S/c1-6-14(2)15(3)12-13-17(4,5)16-10-8-7-9-11-16/h7-11,14H,3,6,12-13H2,1-2,4-5H3. The number of hydrogen-bond donors (Lipinski definition) is 0. The van der Waals surface area contributed by atoms with Crippen LogP contribution >= 0.6 is 10.0 Å². The molecule has 1 aromatic carbocycles. The summed E-state index contributed by atoms with van der Waals surface area (Å²) in [6, 6.07) is 10.9. The highest BCUT2D eigenvalue weighted by Gasteiger charge is 2.15. The summed E-state index contributed by atoms with van der Waals surface area (Å²) in [6.07, 6.45) is 7.20. The van der Waals surface area contributed by atoms with E-state index in [9.17, 15) is 0 Å². The maximum Gasteiger partial charge on any atom is -0.0104 e. The molecule has 0 nitrogen and oxygen atoms in total. The zero-order chi connectivity index (χ0) is 12.9. The fourth-order valence-corrected chi connectivity index (χ4v) is 3.73. The van der Waals surface area contributed by atoms with Crippen LogP contribution in [-0.2, 0) is 0 Å². The predicted octanol–water partition coefficient (Wildman–Crippen LogP) is 5.10. The van der Waals surface area contributed by atoms with Gasteiger partial charge in [-0.15, -0.1) is 0 Å². The Labute approximate surface area is 108 Å². The minimum Gasteiger partial charge on any atom is -0.220 e. The van der Waals surface area contributed by atoms with E-state index in [1.54, 1.807) is 0 Å². The Bertz CT molecular complexity index is 351. The number of allylic oxidation sites excluding steroid dienone is 1. The van der Waals surface area contributed by atoms with Gasteiger partial charge in [0.15, 0.2) is 0 Å². The second-order valence-corrected chi connectivity index (χ2v) is 9.23. The van der Waals surface area contributed by atoms with Crippen molar-refractivity contribution in [2.24, 2.45) is 5.92 Å². The van der Waals surface area contributed by atoms with Crippen LogP contribution in [0.5, 0.6) is 0 Å². The summed E-state index contributed by atoms with van der Waals surface area (Å²) in [6.45, 7) is 8.76. The second kappa shape index (κ2) is 6.30. The van der Waals surface area contributed by atoms with Crippen LogP contribution in [0.3, 0.4) is 0 Å². The van der Waals surface area contributed by atoms with Crippen molar-refractivity contribution < 1.29 is 0 Å².